The standard InChI is InChI=1S/C17H14BrFN4O4/c18-10-5-15(24)22(7-11(10)19)8-14-20-12-1-2-13(17(25)26)21-16(12)23(14)6-9-3-4-27-9/h1-2,5,7,9H,3-4,6,8H2,(H,25,26)/t9-/m0/s1. The zero-order valence-corrected chi connectivity index (χ0v) is 15.5. The molecule has 140 valence electrons. The van der Waals surface area contributed by atoms with Crippen molar-refractivity contribution >= 4 is 33.1 Å². The molecule has 1 fully saturated rings. The molecule has 0 spiro atoms. The second-order valence-corrected chi connectivity index (χ2v) is 7.05. The predicted octanol–water partition coefficient (Wildman–Crippen LogP) is 2.03. The van der Waals surface area contributed by atoms with Gasteiger partial charge in [0.2, 0.25) is 0 Å². The van der Waals surface area contributed by atoms with E-state index in [1.54, 1.807) is 10.6 Å². The van der Waals surface area contributed by atoms with Crippen molar-refractivity contribution in [1.82, 2.24) is 19.1 Å². The van der Waals surface area contributed by atoms with E-state index in [2.05, 4.69) is 25.9 Å². The van der Waals surface area contributed by atoms with Gasteiger partial charge in [0.05, 0.1) is 23.7 Å². The molecule has 27 heavy (non-hydrogen) atoms. The van der Waals surface area contributed by atoms with Crippen molar-refractivity contribution in [3.05, 3.63) is 56.6 Å². The summed E-state index contributed by atoms with van der Waals surface area (Å²) >= 11 is 2.99. The smallest absolute Gasteiger partial charge is 0.354 e. The average molecular weight is 437 g/mol. The van der Waals surface area contributed by atoms with E-state index < -0.39 is 11.8 Å². The highest BCUT2D eigenvalue weighted by Gasteiger charge is 2.23. The number of rotatable bonds is 5. The third-order valence-electron chi connectivity index (χ3n) is 4.41. The number of carboxylic acid groups (broad SMARTS) is 1. The van der Waals surface area contributed by atoms with Crippen LogP contribution in [0, 0.1) is 5.82 Å². The molecule has 0 radical (unpaired) electrons. The molecule has 1 N–H and O–H groups in total. The number of pyridine rings is 2. The Morgan fingerprint density at radius 3 is 2.85 bits per heavy atom. The van der Waals surface area contributed by atoms with Gasteiger partial charge in [0.25, 0.3) is 5.56 Å². The van der Waals surface area contributed by atoms with Crippen LogP contribution in [0.2, 0.25) is 0 Å². The summed E-state index contributed by atoms with van der Waals surface area (Å²) in [5.74, 6) is -1.23. The Kier molecular flexibility index (Phi) is 4.52. The summed E-state index contributed by atoms with van der Waals surface area (Å²) in [7, 11) is 0. The fourth-order valence-corrected chi connectivity index (χ4v) is 3.21. The molecule has 4 heterocycles. The lowest BCUT2D eigenvalue weighted by Gasteiger charge is -2.27. The highest BCUT2D eigenvalue weighted by atomic mass is 79.9. The number of fused-ring (bicyclic) bond motifs is 1. The number of aromatic nitrogens is 4. The lowest BCUT2D eigenvalue weighted by Crippen LogP contribution is -2.32. The first kappa shape index (κ1) is 17.8. The van der Waals surface area contributed by atoms with E-state index in [4.69, 9.17) is 4.74 Å². The second kappa shape index (κ2) is 6.86. The molecule has 3 aromatic rings. The van der Waals surface area contributed by atoms with Gasteiger partial charge in [-0.25, -0.2) is 19.2 Å². The summed E-state index contributed by atoms with van der Waals surface area (Å²) < 4.78 is 22.3. The maximum absolute atomic E-state index is 13.9. The van der Waals surface area contributed by atoms with Gasteiger partial charge in [-0.05, 0) is 34.5 Å². The van der Waals surface area contributed by atoms with Crippen molar-refractivity contribution in [2.45, 2.75) is 25.6 Å². The Labute approximate surface area is 160 Å². The number of carbonyl (C=O) groups is 1. The van der Waals surface area contributed by atoms with Crippen LogP contribution in [0.25, 0.3) is 11.2 Å². The number of aromatic carboxylic acids is 1. The molecule has 8 nitrogen and oxygen atoms in total. The zero-order valence-electron chi connectivity index (χ0n) is 13.9. The minimum atomic E-state index is -1.14. The molecular formula is C17H14BrFN4O4. The fourth-order valence-electron chi connectivity index (χ4n) is 2.91. The van der Waals surface area contributed by atoms with Gasteiger partial charge in [-0.3, -0.25) is 4.79 Å². The average Bonchev–Trinajstić information content (AvgIpc) is 2.92. The van der Waals surface area contributed by atoms with E-state index in [1.807, 2.05) is 0 Å². The maximum atomic E-state index is 13.9. The Hall–Kier alpha value is -2.59. The molecule has 0 bridgehead atoms. The van der Waals surface area contributed by atoms with E-state index in [-0.39, 0.29) is 28.4 Å². The molecular weight excluding hydrogens is 423 g/mol. The molecule has 1 aliphatic heterocycles. The van der Waals surface area contributed by atoms with E-state index in [0.717, 1.165) is 18.7 Å². The van der Waals surface area contributed by atoms with Crippen LogP contribution >= 0.6 is 15.9 Å². The van der Waals surface area contributed by atoms with E-state index >= 15 is 0 Å². The summed E-state index contributed by atoms with van der Waals surface area (Å²) in [6, 6.07) is 4.09. The van der Waals surface area contributed by atoms with Gasteiger partial charge in [0.1, 0.15) is 11.3 Å². The van der Waals surface area contributed by atoms with E-state index in [1.165, 1.54) is 10.6 Å². The van der Waals surface area contributed by atoms with Crippen LogP contribution in [0.4, 0.5) is 4.39 Å². The third kappa shape index (κ3) is 3.37. The van der Waals surface area contributed by atoms with Crippen molar-refractivity contribution in [3.63, 3.8) is 0 Å². The van der Waals surface area contributed by atoms with Crippen LogP contribution in [0.3, 0.4) is 0 Å². The molecule has 3 aromatic heterocycles. The van der Waals surface area contributed by atoms with Crippen LogP contribution in [-0.4, -0.2) is 42.9 Å². The van der Waals surface area contributed by atoms with E-state index in [9.17, 15) is 19.1 Å². The highest BCUT2D eigenvalue weighted by molar-refractivity contribution is 9.10. The van der Waals surface area contributed by atoms with Crippen molar-refractivity contribution < 1.29 is 19.0 Å². The van der Waals surface area contributed by atoms with Gasteiger partial charge < -0.3 is 19.0 Å². The quantitative estimate of drug-likeness (QED) is 0.656. The molecule has 1 aliphatic rings. The topological polar surface area (TPSA) is 99.2 Å². The largest absolute Gasteiger partial charge is 0.477 e. The number of ether oxygens (including phenoxy) is 1. The van der Waals surface area contributed by atoms with Crippen molar-refractivity contribution in [2.24, 2.45) is 0 Å². The van der Waals surface area contributed by atoms with Crippen molar-refractivity contribution in [3.8, 4) is 0 Å². The summed E-state index contributed by atoms with van der Waals surface area (Å²) in [4.78, 5) is 32.1. The minimum absolute atomic E-state index is 0.0223. The van der Waals surface area contributed by atoms with Gasteiger partial charge in [0, 0.05) is 18.9 Å². The van der Waals surface area contributed by atoms with Gasteiger partial charge in [-0.15, -0.1) is 0 Å². The van der Waals surface area contributed by atoms with Gasteiger partial charge in [-0.2, -0.15) is 0 Å². The Morgan fingerprint density at radius 2 is 2.19 bits per heavy atom. The maximum Gasteiger partial charge on any atom is 0.354 e. The van der Waals surface area contributed by atoms with Crippen LogP contribution in [0.1, 0.15) is 22.7 Å². The minimum Gasteiger partial charge on any atom is -0.477 e. The highest BCUT2D eigenvalue weighted by Crippen LogP contribution is 2.21. The normalized spacial score (nSPS) is 16.4. The van der Waals surface area contributed by atoms with Crippen LogP contribution in [0.15, 0.2) is 33.7 Å². The molecule has 10 heteroatoms. The van der Waals surface area contributed by atoms with E-state index in [0.29, 0.717) is 30.1 Å². The fraction of sp³-hybridized carbons (Fsp3) is 0.294. The summed E-state index contributed by atoms with van der Waals surface area (Å²) in [6.45, 7) is 1.11. The van der Waals surface area contributed by atoms with Crippen LogP contribution in [0.5, 0.6) is 0 Å². The Balaban J connectivity index is 1.81. The van der Waals surface area contributed by atoms with Crippen molar-refractivity contribution in [2.75, 3.05) is 6.61 Å². The molecule has 0 saturated carbocycles. The number of imidazole rings is 1. The summed E-state index contributed by atoms with van der Waals surface area (Å²) in [5, 5.41) is 9.20. The van der Waals surface area contributed by atoms with Crippen LogP contribution < -0.4 is 5.56 Å². The van der Waals surface area contributed by atoms with Gasteiger partial charge in [-0.1, -0.05) is 0 Å². The summed E-state index contributed by atoms with van der Waals surface area (Å²) in [6.07, 6.45) is 1.94. The molecule has 0 aliphatic carbocycles. The third-order valence-corrected chi connectivity index (χ3v) is 5.02. The predicted molar refractivity (Wildman–Crippen MR) is 96.3 cm³/mol. The molecule has 0 amide bonds. The van der Waals surface area contributed by atoms with Gasteiger partial charge in [0.15, 0.2) is 17.2 Å². The second-order valence-electron chi connectivity index (χ2n) is 6.20. The summed E-state index contributed by atoms with van der Waals surface area (Å²) in [5.41, 5.74) is 0.406. The number of hydrogen-bond acceptors (Lipinski definition) is 5. The van der Waals surface area contributed by atoms with Crippen molar-refractivity contribution in [1.29, 1.82) is 0 Å². The number of halogens is 2. The SMILES string of the molecule is O=C(O)c1ccc2nc(Cn3cc(F)c(Br)cc3=O)n(C[C@@H]3CCO3)c2n1. The molecule has 0 aromatic carbocycles. The first-order valence-electron chi connectivity index (χ1n) is 8.19. The zero-order chi connectivity index (χ0) is 19.1. The Morgan fingerprint density at radius 1 is 1.41 bits per heavy atom. The lowest BCUT2D eigenvalue weighted by atomic mass is 10.2. The molecule has 1 saturated heterocycles. The monoisotopic (exact) mass is 436 g/mol. The molecule has 0 unspecified atom stereocenters. The number of hydrogen-bond donors (Lipinski definition) is 1. The Bertz CT molecular complexity index is 1110. The lowest BCUT2D eigenvalue weighted by molar-refractivity contribution is -0.0591. The first-order chi connectivity index (χ1) is 12.9. The molecule has 1 atom stereocenters. The number of nitrogens with zero attached hydrogens (tertiary/aromatic N) is 4. The first-order valence-corrected chi connectivity index (χ1v) is 8.98. The molecule has 4 rings (SSSR count). The van der Waals surface area contributed by atoms with Crippen LogP contribution in [-0.2, 0) is 17.8 Å². The van der Waals surface area contributed by atoms with Gasteiger partial charge >= 0.3 is 5.97 Å². The number of carboxylic acids is 1.